The van der Waals surface area contributed by atoms with Crippen LogP contribution in [0.2, 0.25) is 0 Å². The highest BCUT2D eigenvalue weighted by atomic mass is 19.4. The first-order chi connectivity index (χ1) is 24.3. The van der Waals surface area contributed by atoms with Crippen LogP contribution >= 0.6 is 0 Å². The molecule has 4 heterocycles. The molecule has 2 aromatic rings. The number of hydrogen-bond donors (Lipinski definition) is 2. The molecule has 3 fully saturated rings. The molecule has 0 saturated carbocycles. The summed E-state index contributed by atoms with van der Waals surface area (Å²) in [7, 11) is 0. The molecule has 0 aromatic heterocycles. The zero-order valence-electron chi connectivity index (χ0n) is 28.4. The van der Waals surface area contributed by atoms with E-state index in [2.05, 4.69) is 15.5 Å². The Morgan fingerprint density at radius 1 is 0.765 bits per heavy atom. The van der Waals surface area contributed by atoms with Crippen LogP contribution in [0.5, 0.6) is 0 Å². The highest BCUT2D eigenvalue weighted by Gasteiger charge is 2.39. The second kappa shape index (κ2) is 15.3. The minimum Gasteiger partial charge on any atom is -0.341 e. The number of fused-ring (bicyclic) bond motifs is 1. The number of halogens is 6. The summed E-state index contributed by atoms with van der Waals surface area (Å²) in [6.07, 6.45) is -3.78. The van der Waals surface area contributed by atoms with Gasteiger partial charge in [0.1, 0.15) is 6.04 Å². The quantitative estimate of drug-likeness (QED) is 0.324. The van der Waals surface area contributed by atoms with Crippen LogP contribution in [0.3, 0.4) is 0 Å². The summed E-state index contributed by atoms with van der Waals surface area (Å²) < 4.78 is 82.2. The fourth-order valence-corrected chi connectivity index (χ4v) is 7.84. The van der Waals surface area contributed by atoms with E-state index in [-0.39, 0.29) is 42.8 Å². The van der Waals surface area contributed by atoms with Gasteiger partial charge in [0.2, 0.25) is 5.91 Å². The van der Waals surface area contributed by atoms with Crippen LogP contribution in [0.25, 0.3) is 0 Å². The van der Waals surface area contributed by atoms with E-state index in [0.717, 1.165) is 37.2 Å². The third kappa shape index (κ3) is 8.90. The lowest BCUT2D eigenvalue weighted by Gasteiger charge is -2.41. The van der Waals surface area contributed by atoms with Gasteiger partial charge in [0.25, 0.3) is 0 Å². The van der Waals surface area contributed by atoms with Crippen molar-refractivity contribution in [2.75, 3.05) is 44.6 Å². The summed E-state index contributed by atoms with van der Waals surface area (Å²) in [5.41, 5.74) is -1.59. The van der Waals surface area contributed by atoms with Gasteiger partial charge in [-0.25, -0.2) is 9.59 Å². The van der Waals surface area contributed by atoms with E-state index in [9.17, 15) is 40.7 Å². The van der Waals surface area contributed by atoms with Crippen molar-refractivity contribution in [2.24, 2.45) is 0 Å². The molecule has 0 spiro atoms. The highest BCUT2D eigenvalue weighted by Crippen LogP contribution is 2.37. The van der Waals surface area contributed by atoms with Crippen molar-refractivity contribution in [1.29, 1.82) is 0 Å². The minimum absolute atomic E-state index is 0.0534. The van der Waals surface area contributed by atoms with Gasteiger partial charge in [-0.1, -0.05) is 31.0 Å². The maximum atomic E-state index is 14.0. The Bertz CT molecular complexity index is 1530. The number of carbonyl (C=O) groups excluding carboxylic acids is 3. The molecule has 1 atom stereocenters. The van der Waals surface area contributed by atoms with Crippen LogP contribution in [0.15, 0.2) is 42.5 Å². The molecular formula is C36H44F6N6O3. The van der Waals surface area contributed by atoms with Crippen LogP contribution in [-0.2, 0) is 30.1 Å². The normalized spacial score (nSPS) is 20.7. The van der Waals surface area contributed by atoms with Crippen LogP contribution in [0.1, 0.15) is 73.6 Å². The second-order valence-corrected chi connectivity index (χ2v) is 14.1. The summed E-state index contributed by atoms with van der Waals surface area (Å²) in [6, 6.07) is 6.64. The van der Waals surface area contributed by atoms with Crippen LogP contribution < -0.4 is 10.6 Å². The Kier molecular flexibility index (Phi) is 11.0. The molecule has 3 saturated heterocycles. The average molecular weight is 723 g/mol. The first kappa shape index (κ1) is 36.8. The number of urea groups is 2. The molecule has 9 nitrogen and oxygen atoms in total. The van der Waals surface area contributed by atoms with Crippen molar-refractivity contribution < 1.29 is 40.7 Å². The molecule has 51 heavy (non-hydrogen) atoms. The Balaban J connectivity index is 1.16. The Hall–Kier alpha value is -4.01. The standard InChI is InChI=1S/C36H44F6N6O3/c37-35(38,39)26-19-24(20-27(22-26)36(40,41)42)21-31(32(49)46-15-9-28(10-16-46)45-13-5-1-2-6-14-45)44-33(50)47-17-11-29(12-18-47)48-23-25-7-3-4-8-30(25)43-34(48)51/h3-4,7-8,19-20,22,28-29,31H,1-2,5-6,9-18,21,23H2,(H,43,51)(H,44,50). The Labute approximate surface area is 293 Å². The van der Waals surface area contributed by atoms with Crippen molar-refractivity contribution in [2.45, 2.75) is 94.8 Å². The van der Waals surface area contributed by atoms with Crippen LogP contribution in [0, 0.1) is 0 Å². The Morgan fingerprint density at radius 3 is 1.94 bits per heavy atom. The minimum atomic E-state index is -5.05. The number of piperidine rings is 2. The summed E-state index contributed by atoms with van der Waals surface area (Å²) in [6.45, 7) is 3.62. The molecule has 4 aliphatic heterocycles. The summed E-state index contributed by atoms with van der Waals surface area (Å²) in [5.74, 6) is -0.540. The summed E-state index contributed by atoms with van der Waals surface area (Å²) in [5, 5.41) is 5.57. The number of amides is 5. The smallest absolute Gasteiger partial charge is 0.341 e. The fourth-order valence-electron chi connectivity index (χ4n) is 7.84. The van der Waals surface area contributed by atoms with Gasteiger partial charge in [-0.2, -0.15) is 26.3 Å². The third-order valence-corrected chi connectivity index (χ3v) is 10.7. The predicted octanol–water partition coefficient (Wildman–Crippen LogP) is 6.72. The molecule has 15 heteroatoms. The summed E-state index contributed by atoms with van der Waals surface area (Å²) >= 11 is 0. The van der Waals surface area contributed by atoms with E-state index < -0.39 is 47.9 Å². The van der Waals surface area contributed by atoms with Gasteiger partial charge in [-0.3, -0.25) is 4.79 Å². The number of para-hydroxylation sites is 1. The number of alkyl halides is 6. The van der Waals surface area contributed by atoms with E-state index in [1.54, 1.807) is 9.80 Å². The zero-order valence-corrected chi connectivity index (χ0v) is 28.4. The van der Waals surface area contributed by atoms with Crippen molar-refractivity contribution >= 4 is 23.7 Å². The van der Waals surface area contributed by atoms with Gasteiger partial charge >= 0.3 is 24.4 Å². The number of nitrogens with one attached hydrogen (secondary N) is 2. The van der Waals surface area contributed by atoms with E-state index in [1.165, 1.54) is 17.7 Å². The third-order valence-electron chi connectivity index (χ3n) is 10.7. The molecule has 6 rings (SSSR count). The van der Waals surface area contributed by atoms with Crippen LogP contribution in [0.4, 0.5) is 41.6 Å². The van der Waals surface area contributed by atoms with E-state index in [0.29, 0.717) is 57.5 Å². The second-order valence-electron chi connectivity index (χ2n) is 14.1. The molecule has 0 bridgehead atoms. The molecule has 0 radical (unpaired) electrons. The maximum absolute atomic E-state index is 14.0. The van der Waals surface area contributed by atoms with Gasteiger partial charge in [0.05, 0.1) is 11.1 Å². The van der Waals surface area contributed by atoms with E-state index in [1.807, 2.05) is 24.3 Å². The van der Waals surface area contributed by atoms with Crippen LogP contribution in [-0.4, -0.2) is 95.0 Å². The lowest BCUT2D eigenvalue weighted by molar-refractivity contribution is -0.143. The molecule has 278 valence electrons. The number of rotatable bonds is 6. The number of likely N-dealkylation sites (tertiary alicyclic amines) is 3. The lowest BCUT2D eigenvalue weighted by atomic mass is 9.97. The van der Waals surface area contributed by atoms with Crippen molar-refractivity contribution in [1.82, 2.24) is 24.9 Å². The summed E-state index contributed by atoms with van der Waals surface area (Å²) in [4.78, 5) is 47.7. The average Bonchev–Trinajstić information content (AvgIpc) is 3.40. The van der Waals surface area contributed by atoms with Gasteiger partial charge in [0, 0.05) is 56.9 Å². The number of anilines is 1. The first-order valence-electron chi connectivity index (χ1n) is 17.8. The molecule has 1 unspecified atom stereocenters. The first-order valence-corrected chi connectivity index (χ1v) is 17.8. The van der Waals surface area contributed by atoms with Gasteiger partial charge in [-0.15, -0.1) is 0 Å². The molecule has 2 N–H and O–H groups in total. The number of benzene rings is 2. The van der Waals surface area contributed by atoms with Crippen molar-refractivity contribution in [3.8, 4) is 0 Å². The lowest BCUT2D eigenvalue weighted by Crippen LogP contribution is -2.57. The van der Waals surface area contributed by atoms with E-state index >= 15 is 0 Å². The predicted molar refractivity (Wildman–Crippen MR) is 178 cm³/mol. The van der Waals surface area contributed by atoms with Crippen molar-refractivity contribution in [3.63, 3.8) is 0 Å². The largest absolute Gasteiger partial charge is 0.416 e. The fraction of sp³-hybridized carbons (Fsp3) is 0.583. The van der Waals surface area contributed by atoms with E-state index in [4.69, 9.17) is 0 Å². The van der Waals surface area contributed by atoms with Gasteiger partial charge in [0.15, 0.2) is 0 Å². The zero-order chi connectivity index (χ0) is 36.3. The molecular weight excluding hydrogens is 678 g/mol. The number of nitrogens with zero attached hydrogens (tertiary/aromatic N) is 4. The molecule has 0 aliphatic carbocycles. The van der Waals surface area contributed by atoms with Crippen molar-refractivity contribution in [3.05, 3.63) is 64.7 Å². The number of hydrogen-bond acceptors (Lipinski definition) is 4. The molecule has 5 amide bonds. The van der Waals surface area contributed by atoms with Gasteiger partial charge < -0.3 is 30.2 Å². The Morgan fingerprint density at radius 2 is 1.33 bits per heavy atom. The topological polar surface area (TPSA) is 88.2 Å². The SMILES string of the molecule is O=C(NC(Cc1cc(C(F)(F)F)cc(C(F)(F)F)c1)C(=O)N1CCC(N2CCCCCC2)CC1)N1CCC(N2Cc3ccccc3NC2=O)CC1. The molecule has 4 aliphatic rings. The van der Waals surface area contributed by atoms with Gasteiger partial charge in [-0.05, 0) is 87.0 Å². The number of carbonyl (C=O) groups is 3. The molecule has 2 aromatic carbocycles. The monoisotopic (exact) mass is 722 g/mol. The highest BCUT2D eigenvalue weighted by molar-refractivity contribution is 5.92. The maximum Gasteiger partial charge on any atom is 0.416 e.